The number of amides is 3. The van der Waals surface area contributed by atoms with Crippen molar-refractivity contribution < 1.29 is 9.59 Å². The fourth-order valence-electron chi connectivity index (χ4n) is 2.85. The Bertz CT molecular complexity index is 607. The molecule has 118 valence electrons. The largest absolute Gasteiger partial charge is 0.336 e. The summed E-state index contributed by atoms with van der Waals surface area (Å²) in [6.45, 7) is 5.35. The summed E-state index contributed by atoms with van der Waals surface area (Å²) in [4.78, 5) is 27.9. The van der Waals surface area contributed by atoms with E-state index in [1.54, 1.807) is 28.0 Å². The molecule has 2 heterocycles. The lowest BCUT2D eigenvalue weighted by atomic mass is 10.1. The van der Waals surface area contributed by atoms with Gasteiger partial charge in [0.25, 0.3) is 5.91 Å². The van der Waals surface area contributed by atoms with Crippen LogP contribution in [0, 0.1) is 0 Å². The van der Waals surface area contributed by atoms with Crippen LogP contribution in [0.3, 0.4) is 0 Å². The lowest BCUT2D eigenvalue weighted by molar-refractivity contribution is 0.0709. The van der Waals surface area contributed by atoms with Gasteiger partial charge in [0.15, 0.2) is 0 Å². The van der Waals surface area contributed by atoms with Crippen LogP contribution in [0.2, 0.25) is 5.02 Å². The highest BCUT2D eigenvalue weighted by molar-refractivity contribution is 6.34. The van der Waals surface area contributed by atoms with E-state index < -0.39 is 0 Å². The molecule has 0 radical (unpaired) electrons. The lowest BCUT2D eigenvalue weighted by Gasteiger charge is -2.32. The average molecular weight is 323 g/mol. The van der Waals surface area contributed by atoms with Crippen LogP contribution in [-0.2, 0) is 0 Å². The van der Waals surface area contributed by atoms with E-state index in [2.05, 4.69) is 10.6 Å². The molecule has 0 spiro atoms. The molecule has 1 aromatic rings. The summed E-state index contributed by atoms with van der Waals surface area (Å²) in [6.07, 6.45) is 0. The van der Waals surface area contributed by atoms with Gasteiger partial charge in [-0.25, -0.2) is 4.79 Å². The van der Waals surface area contributed by atoms with Gasteiger partial charge < -0.3 is 15.5 Å². The Morgan fingerprint density at radius 2 is 2.14 bits per heavy atom. The van der Waals surface area contributed by atoms with Crippen LogP contribution >= 0.6 is 11.6 Å². The van der Waals surface area contributed by atoms with Gasteiger partial charge in [-0.05, 0) is 25.1 Å². The first kappa shape index (κ1) is 15.1. The van der Waals surface area contributed by atoms with Crippen molar-refractivity contribution in [3.05, 3.63) is 28.8 Å². The molecular weight excluding hydrogens is 304 g/mol. The number of hydrogen-bond acceptors (Lipinski definition) is 3. The van der Waals surface area contributed by atoms with E-state index in [1.807, 2.05) is 6.92 Å². The predicted molar refractivity (Wildman–Crippen MR) is 85.6 cm³/mol. The molecule has 3 amide bonds. The van der Waals surface area contributed by atoms with Crippen molar-refractivity contribution in [3.8, 4) is 0 Å². The second-order valence-corrected chi connectivity index (χ2v) is 6.06. The summed E-state index contributed by atoms with van der Waals surface area (Å²) in [5.41, 5.74) is 1.15. The first-order valence-electron chi connectivity index (χ1n) is 7.44. The Balaban J connectivity index is 1.86. The first-order chi connectivity index (χ1) is 10.6. The van der Waals surface area contributed by atoms with Crippen LogP contribution in [0.25, 0.3) is 0 Å². The van der Waals surface area contributed by atoms with Crippen molar-refractivity contribution in [1.82, 2.24) is 15.5 Å². The number of rotatable bonds is 2. The minimum atomic E-state index is -0.142. The summed E-state index contributed by atoms with van der Waals surface area (Å²) in [5, 5.41) is 6.47. The molecule has 2 aliphatic heterocycles. The molecule has 0 saturated carbocycles. The first-order valence-corrected chi connectivity index (χ1v) is 7.81. The normalized spacial score (nSPS) is 21.9. The Hall–Kier alpha value is -1.79. The number of urea groups is 1. The van der Waals surface area contributed by atoms with E-state index in [-0.39, 0.29) is 18.0 Å². The molecule has 0 aromatic heterocycles. The van der Waals surface area contributed by atoms with Gasteiger partial charge in [-0.2, -0.15) is 0 Å². The Kier molecular flexibility index (Phi) is 4.22. The molecule has 2 aliphatic rings. The molecule has 0 aliphatic carbocycles. The van der Waals surface area contributed by atoms with Crippen LogP contribution < -0.4 is 15.5 Å². The maximum atomic E-state index is 12.7. The molecule has 2 saturated heterocycles. The summed E-state index contributed by atoms with van der Waals surface area (Å²) in [7, 11) is 0. The quantitative estimate of drug-likeness (QED) is 0.862. The van der Waals surface area contributed by atoms with Gasteiger partial charge in [0.2, 0.25) is 0 Å². The molecule has 6 nitrogen and oxygen atoms in total. The predicted octanol–water partition coefficient (Wildman–Crippen LogP) is 1.30. The van der Waals surface area contributed by atoms with Crippen molar-refractivity contribution in [3.63, 3.8) is 0 Å². The van der Waals surface area contributed by atoms with Gasteiger partial charge in [0.1, 0.15) is 0 Å². The number of nitrogens with zero attached hydrogens (tertiary/aromatic N) is 2. The third-order valence-corrected chi connectivity index (χ3v) is 4.33. The highest BCUT2D eigenvalue weighted by Crippen LogP contribution is 2.26. The molecule has 1 atom stereocenters. The van der Waals surface area contributed by atoms with Crippen molar-refractivity contribution in [1.29, 1.82) is 0 Å². The van der Waals surface area contributed by atoms with Gasteiger partial charge in [-0.3, -0.25) is 9.69 Å². The van der Waals surface area contributed by atoms with E-state index in [1.165, 1.54) is 0 Å². The zero-order chi connectivity index (χ0) is 15.7. The molecule has 3 rings (SSSR count). The second-order valence-electron chi connectivity index (χ2n) is 5.65. The number of hydrogen-bond donors (Lipinski definition) is 2. The smallest absolute Gasteiger partial charge is 0.321 e. The van der Waals surface area contributed by atoms with Crippen LogP contribution in [0.1, 0.15) is 17.3 Å². The van der Waals surface area contributed by atoms with Crippen LogP contribution in [0.5, 0.6) is 0 Å². The summed E-state index contributed by atoms with van der Waals surface area (Å²) in [6, 6.07) is 5.29. The lowest BCUT2D eigenvalue weighted by Crippen LogP contribution is -2.51. The third kappa shape index (κ3) is 2.89. The number of carbonyl (C=O) groups is 2. The van der Waals surface area contributed by atoms with Crippen molar-refractivity contribution >= 4 is 29.2 Å². The van der Waals surface area contributed by atoms with Crippen molar-refractivity contribution in [2.75, 3.05) is 37.6 Å². The average Bonchev–Trinajstić information content (AvgIpc) is 2.93. The molecule has 0 bridgehead atoms. The molecule has 2 fully saturated rings. The number of halogens is 1. The maximum Gasteiger partial charge on any atom is 0.321 e. The SMILES string of the molecule is CC1CN(C(=O)c2cc(N3CCNC3=O)ccc2Cl)CCN1. The molecule has 1 unspecified atom stereocenters. The zero-order valence-electron chi connectivity index (χ0n) is 12.4. The number of piperazine rings is 1. The minimum Gasteiger partial charge on any atom is -0.336 e. The Morgan fingerprint density at radius 1 is 1.32 bits per heavy atom. The Labute approximate surface area is 134 Å². The molecule has 22 heavy (non-hydrogen) atoms. The van der Waals surface area contributed by atoms with E-state index in [0.29, 0.717) is 42.5 Å². The summed E-state index contributed by atoms with van der Waals surface area (Å²) < 4.78 is 0. The highest BCUT2D eigenvalue weighted by atomic mass is 35.5. The van der Waals surface area contributed by atoms with Crippen LogP contribution in [-0.4, -0.2) is 55.6 Å². The monoisotopic (exact) mass is 322 g/mol. The Morgan fingerprint density at radius 3 is 2.82 bits per heavy atom. The van der Waals surface area contributed by atoms with Gasteiger partial charge in [0.05, 0.1) is 10.6 Å². The number of benzene rings is 1. The molecule has 7 heteroatoms. The standard InChI is InChI=1S/C15H19ClN4O2/c1-10-9-19(6-4-17-10)14(21)12-8-11(2-3-13(12)16)20-7-5-18-15(20)22/h2-3,8,10,17H,4-7,9H2,1H3,(H,18,22). The van der Waals surface area contributed by atoms with Gasteiger partial charge in [-0.1, -0.05) is 11.6 Å². The third-order valence-electron chi connectivity index (χ3n) is 4.00. The number of nitrogens with one attached hydrogen (secondary N) is 2. The van der Waals surface area contributed by atoms with E-state index in [0.717, 1.165) is 6.54 Å². The van der Waals surface area contributed by atoms with E-state index in [4.69, 9.17) is 11.6 Å². The van der Waals surface area contributed by atoms with Crippen LogP contribution in [0.15, 0.2) is 18.2 Å². The van der Waals surface area contributed by atoms with Crippen molar-refractivity contribution in [2.45, 2.75) is 13.0 Å². The van der Waals surface area contributed by atoms with Crippen molar-refractivity contribution in [2.24, 2.45) is 0 Å². The summed E-state index contributed by atoms with van der Waals surface area (Å²) >= 11 is 6.21. The molecule has 1 aromatic carbocycles. The fourth-order valence-corrected chi connectivity index (χ4v) is 3.05. The molecule has 2 N–H and O–H groups in total. The van der Waals surface area contributed by atoms with Gasteiger partial charge in [-0.15, -0.1) is 0 Å². The highest BCUT2D eigenvalue weighted by Gasteiger charge is 2.26. The zero-order valence-corrected chi connectivity index (χ0v) is 13.2. The van der Waals surface area contributed by atoms with Crippen LogP contribution in [0.4, 0.5) is 10.5 Å². The topological polar surface area (TPSA) is 64.7 Å². The van der Waals surface area contributed by atoms with E-state index >= 15 is 0 Å². The summed E-state index contributed by atoms with van der Waals surface area (Å²) in [5.74, 6) is -0.0835. The van der Waals surface area contributed by atoms with Gasteiger partial charge >= 0.3 is 6.03 Å². The molecular formula is C15H19ClN4O2. The minimum absolute atomic E-state index is 0.0835. The van der Waals surface area contributed by atoms with Gasteiger partial charge in [0, 0.05) is 44.5 Å². The second kappa shape index (κ2) is 6.14. The fraction of sp³-hybridized carbons (Fsp3) is 0.467. The number of anilines is 1. The maximum absolute atomic E-state index is 12.7. The number of carbonyl (C=O) groups excluding carboxylic acids is 2. The van der Waals surface area contributed by atoms with E-state index in [9.17, 15) is 9.59 Å².